The number of hydrogen-bond acceptors (Lipinski definition) is 6. The Kier molecular flexibility index (Phi) is 5.73. The molecule has 7 heteroatoms. The van der Waals surface area contributed by atoms with Gasteiger partial charge in [0.2, 0.25) is 5.75 Å². The Balaban J connectivity index is 2.32. The van der Waals surface area contributed by atoms with Gasteiger partial charge in [-0.1, -0.05) is 31.5 Å². The van der Waals surface area contributed by atoms with Gasteiger partial charge in [-0.2, -0.15) is 0 Å². The molecule has 0 amide bonds. The number of anilines is 1. The van der Waals surface area contributed by atoms with Crippen LogP contribution >= 0.6 is 0 Å². The van der Waals surface area contributed by atoms with Crippen molar-refractivity contribution in [3.63, 3.8) is 0 Å². The second kappa shape index (κ2) is 7.96. The van der Waals surface area contributed by atoms with E-state index in [9.17, 15) is 14.9 Å². The third kappa shape index (κ3) is 4.22. The van der Waals surface area contributed by atoms with E-state index < -0.39 is 10.9 Å². The number of nitrogens with two attached hydrogens (primary N) is 1. The molecule has 0 saturated heterocycles. The lowest BCUT2D eigenvalue weighted by molar-refractivity contribution is -0.385. The average Bonchev–Trinajstić information content (AvgIpc) is 2.57. The third-order valence-electron chi connectivity index (χ3n) is 3.22. The molecule has 7 nitrogen and oxygen atoms in total. The Morgan fingerprint density at radius 3 is 2.58 bits per heavy atom. The smallest absolute Gasteiger partial charge is 0.338 e. The quantitative estimate of drug-likeness (QED) is 0.271. The van der Waals surface area contributed by atoms with Crippen molar-refractivity contribution in [1.82, 2.24) is 0 Å². The highest BCUT2D eigenvalue weighted by molar-refractivity contribution is 5.92. The molecule has 0 bridgehead atoms. The lowest BCUT2D eigenvalue weighted by Crippen LogP contribution is -2.08. The molecule has 0 aromatic heterocycles. The molecule has 24 heavy (non-hydrogen) atoms. The van der Waals surface area contributed by atoms with Crippen molar-refractivity contribution < 1.29 is 19.2 Å². The fourth-order valence-corrected chi connectivity index (χ4v) is 2.00. The number of nitro groups is 1. The molecule has 2 aromatic carbocycles. The number of nitro benzene ring substituents is 1. The SMILES string of the molecule is CCCCOC(=O)c1cc(N)c(Oc2ccccc2)c([N+](=O)[O-])c1. The zero-order chi connectivity index (χ0) is 17.5. The summed E-state index contributed by atoms with van der Waals surface area (Å²) in [4.78, 5) is 22.7. The van der Waals surface area contributed by atoms with E-state index >= 15 is 0 Å². The van der Waals surface area contributed by atoms with E-state index in [0.29, 0.717) is 5.75 Å². The van der Waals surface area contributed by atoms with Crippen LogP contribution in [0.25, 0.3) is 0 Å². The monoisotopic (exact) mass is 330 g/mol. The number of rotatable bonds is 7. The summed E-state index contributed by atoms with van der Waals surface area (Å²) in [6.45, 7) is 2.22. The average molecular weight is 330 g/mol. The second-order valence-electron chi connectivity index (χ2n) is 5.08. The maximum Gasteiger partial charge on any atom is 0.338 e. The normalized spacial score (nSPS) is 10.2. The van der Waals surface area contributed by atoms with Gasteiger partial charge in [-0.3, -0.25) is 10.1 Å². The van der Waals surface area contributed by atoms with Gasteiger partial charge < -0.3 is 15.2 Å². The Hall–Kier alpha value is -3.09. The van der Waals surface area contributed by atoms with Gasteiger partial charge in [0, 0.05) is 6.07 Å². The highest BCUT2D eigenvalue weighted by Crippen LogP contribution is 2.38. The molecule has 126 valence electrons. The second-order valence-corrected chi connectivity index (χ2v) is 5.08. The fraction of sp³-hybridized carbons (Fsp3) is 0.235. The van der Waals surface area contributed by atoms with E-state index in [1.807, 2.05) is 6.92 Å². The van der Waals surface area contributed by atoms with Crippen LogP contribution in [0.3, 0.4) is 0 Å². The number of nitrogens with zero attached hydrogens (tertiary/aromatic N) is 1. The van der Waals surface area contributed by atoms with Gasteiger partial charge in [0.15, 0.2) is 0 Å². The van der Waals surface area contributed by atoms with E-state index in [-0.39, 0.29) is 29.3 Å². The first kappa shape index (κ1) is 17.3. The van der Waals surface area contributed by atoms with Crippen LogP contribution in [0.15, 0.2) is 42.5 Å². The molecule has 0 radical (unpaired) electrons. The molecule has 0 saturated carbocycles. The minimum Gasteiger partial charge on any atom is -0.462 e. The minimum absolute atomic E-state index is 0.00417. The predicted octanol–water partition coefficient (Wildman–Crippen LogP) is 3.93. The van der Waals surface area contributed by atoms with Gasteiger partial charge in [0.05, 0.1) is 22.8 Å². The standard InChI is InChI=1S/C17H18N2O5/c1-2-3-9-23-17(20)12-10-14(18)16(15(11-12)19(21)22)24-13-7-5-4-6-8-13/h4-8,10-11H,2-3,9,18H2,1H3. The van der Waals surface area contributed by atoms with Crippen LogP contribution in [0.1, 0.15) is 30.1 Å². The molecule has 2 rings (SSSR count). The van der Waals surface area contributed by atoms with E-state index in [2.05, 4.69) is 0 Å². The molecule has 0 atom stereocenters. The molecule has 0 aliphatic rings. The number of hydrogen-bond donors (Lipinski definition) is 1. The van der Waals surface area contributed by atoms with Crippen molar-refractivity contribution in [1.29, 1.82) is 0 Å². The van der Waals surface area contributed by atoms with Crippen LogP contribution in [0.2, 0.25) is 0 Å². The molecular weight excluding hydrogens is 312 g/mol. The van der Waals surface area contributed by atoms with Crippen LogP contribution in [0.4, 0.5) is 11.4 Å². The van der Waals surface area contributed by atoms with Gasteiger partial charge in [0.1, 0.15) is 5.75 Å². The maximum atomic E-state index is 12.0. The van der Waals surface area contributed by atoms with Crippen molar-refractivity contribution in [3.8, 4) is 11.5 Å². The number of para-hydroxylation sites is 1. The van der Waals surface area contributed by atoms with Crippen molar-refractivity contribution >= 4 is 17.3 Å². The Morgan fingerprint density at radius 2 is 1.96 bits per heavy atom. The molecule has 0 heterocycles. The van der Waals surface area contributed by atoms with Crippen molar-refractivity contribution in [3.05, 3.63) is 58.1 Å². The van der Waals surface area contributed by atoms with Crippen LogP contribution in [0, 0.1) is 10.1 Å². The topological polar surface area (TPSA) is 105 Å². The van der Waals surface area contributed by atoms with Gasteiger partial charge in [-0.05, 0) is 24.6 Å². The van der Waals surface area contributed by atoms with E-state index in [4.69, 9.17) is 15.2 Å². The summed E-state index contributed by atoms with van der Waals surface area (Å²) in [5, 5.41) is 11.3. The van der Waals surface area contributed by atoms with Gasteiger partial charge in [-0.25, -0.2) is 4.79 Å². The van der Waals surface area contributed by atoms with Gasteiger partial charge in [-0.15, -0.1) is 0 Å². The van der Waals surface area contributed by atoms with Crippen LogP contribution in [-0.2, 0) is 4.74 Å². The van der Waals surface area contributed by atoms with Crippen molar-refractivity contribution in [2.24, 2.45) is 0 Å². The molecule has 0 fully saturated rings. The minimum atomic E-state index is -0.649. The van der Waals surface area contributed by atoms with Crippen LogP contribution in [0.5, 0.6) is 11.5 Å². The zero-order valence-electron chi connectivity index (χ0n) is 13.2. The number of esters is 1. The first-order valence-corrected chi connectivity index (χ1v) is 7.51. The number of ether oxygens (including phenoxy) is 2. The molecule has 2 aromatic rings. The highest BCUT2D eigenvalue weighted by Gasteiger charge is 2.23. The highest BCUT2D eigenvalue weighted by atomic mass is 16.6. The number of carbonyl (C=O) groups is 1. The van der Waals surface area contributed by atoms with Crippen LogP contribution < -0.4 is 10.5 Å². The summed E-state index contributed by atoms with van der Waals surface area (Å²) >= 11 is 0. The van der Waals surface area contributed by atoms with Crippen LogP contribution in [-0.4, -0.2) is 17.5 Å². The predicted molar refractivity (Wildman–Crippen MR) is 89.2 cm³/mol. The molecule has 0 unspecified atom stereocenters. The summed E-state index contributed by atoms with van der Waals surface area (Å²) in [5.41, 5.74) is 5.50. The third-order valence-corrected chi connectivity index (χ3v) is 3.22. The molecule has 0 aliphatic carbocycles. The van der Waals surface area contributed by atoms with Gasteiger partial charge in [0.25, 0.3) is 0 Å². The molecular formula is C17H18N2O5. The lowest BCUT2D eigenvalue weighted by atomic mass is 10.1. The number of nitrogen functional groups attached to an aromatic ring is 1. The summed E-state index contributed by atoms with van der Waals surface area (Å²) in [6.07, 6.45) is 1.60. The van der Waals surface area contributed by atoms with Crippen molar-refractivity contribution in [2.45, 2.75) is 19.8 Å². The number of unbranched alkanes of at least 4 members (excludes halogenated alkanes) is 1. The first-order valence-electron chi connectivity index (χ1n) is 7.51. The lowest BCUT2D eigenvalue weighted by Gasteiger charge is -2.11. The molecule has 0 spiro atoms. The first-order chi connectivity index (χ1) is 11.5. The Labute approximate surface area is 139 Å². The van der Waals surface area contributed by atoms with E-state index in [1.54, 1.807) is 30.3 Å². The summed E-state index contributed by atoms with van der Waals surface area (Å²) in [6, 6.07) is 11.0. The fourth-order valence-electron chi connectivity index (χ4n) is 2.00. The Bertz CT molecular complexity index is 731. The largest absolute Gasteiger partial charge is 0.462 e. The maximum absolute atomic E-state index is 12.0. The van der Waals surface area contributed by atoms with Crippen molar-refractivity contribution in [2.75, 3.05) is 12.3 Å². The summed E-state index contributed by atoms with van der Waals surface area (Å²) in [7, 11) is 0. The zero-order valence-corrected chi connectivity index (χ0v) is 13.2. The molecule has 0 aliphatic heterocycles. The van der Waals surface area contributed by atoms with E-state index in [1.165, 1.54) is 6.07 Å². The Morgan fingerprint density at radius 1 is 1.25 bits per heavy atom. The summed E-state index contributed by atoms with van der Waals surface area (Å²) < 4.78 is 10.6. The number of carbonyl (C=O) groups excluding carboxylic acids is 1. The number of benzene rings is 2. The molecule has 2 N–H and O–H groups in total. The van der Waals surface area contributed by atoms with E-state index in [0.717, 1.165) is 18.9 Å². The summed E-state index contributed by atoms with van der Waals surface area (Å²) in [5.74, 6) is -0.341. The van der Waals surface area contributed by atoms with Gasteiger partial charge >= 0.3 is 11.7 Å².